The van der Waals surface area contributed by atoms with Crippen LogP contribution in [0.3, 0.4) is 0 Å². The highest BCUT2D eigenvalue weighted by atomic mass is 19.3. The van der Waals surface area contributed by atoms with E-state index in [-0.39, 0.29) is 18.8 Å². The van der Waals surface area contributed by atoms with Crippen LogP contribution < -0.4 is 10.6 Å². The molecule has 1 aliphatic heterocycles. The third-order valence-electron chi connectivity index (χ3n) is 4.88. The Morgan fingerprint density at radius 1 is 1.20 bits per heavy atom. The molecule has 1 atom stereocenters. The van der Waals surface area contributed by atoms with E-state index in [0.29, 0.717) is 17.0 Å². The van der Waals surface area contributed by atoms with E-state index in [1.54, 1.807) is 24.3 Å². The van der Waals surface area contributed by atoms with Gasteiger partial charge in [-0.3, -0.25) is 0 Å². The number of anilines is 1. The lowest BCUT2D eigenvalue weighted by Gasteiger charge is -2.32. The molecule has 2 aromatic carbocycles. The van der Waals surface area contributed by atoms with E-state index in [4.69, 9.17) is 9.57 Å². The Balaban J connectivity index is 1.56. The molecule has 3 rings (SSSR count). The van der Waals surface area contributed by atoms with Crippen LogP contribution in [0.15, 0.2) is 53.7 Å². The first-order valence-corrected chi connectivity index (χ1v) is 9.36. The average Bonchev–Trinajstić information content (AvgIpc) is 3.21. The van der Waals surface area contributed by atoms with Crippen molar-refractivity contribution in [3.05, 3.63) is 65.5 Å². The van der Waals surface area contributed by atoms with Gasteiger partial charge in [0, 0.05) is 25.8 Å². The van der Waals surface area contributed by atoms with Gasteiger partial charge in [0.1, 0.15) is 5.82 Å². The number of carbonyl (C=O) groups is 1. The molecule has 0 radical (unpaired) electrons. The molecule has 0 fully saturated rings. The lowest BCUT2D eigenvalue weighted by molar-refractivity contribution is -0.318. The van der Waals surface area contributed by atoms with E-state index in [0.717, 1.165) is 5.56 Å². The minimum Gasteiger partial charge on any atom is -0.353 e. The zero-order valence-electron chi connectivity index (χ0n) is 16.5. The number of ether oxygens (including phenoxy) is 1. The van der Waals surface area contributed by atoms with Gasteiger partial charge < -0.3 is 20.2 Å². The van der Waals surface area contributed by atoms with Gasteiger partial charge in [-0.2, -0.15) is 8.78 Å². The first kappa shape index (κ1) is 21.6. The topological polar surface area (TPSA) is 72.0 Å². The molecule has 0 aliphatic carbocycles. The molecule has 0 aromatic heterocycles. The third kappa shape index (κ3) is 4.56. The number of methoxy groups -OCH3 is 1. The molecule has 1 heterocycles. The van der Waals surface area contributed by atoms with E-state index in [9.17, 15) is 18.0 Å². The normalized spacial score (nSPS) is 18.5. The first-order chi connectivity index (χ1) is 14.3. The van der Waals surface area contributed by atoms with Crippen molar-refractivity contribution in [2.75, 3.05) is 12.4 Å². The number of carbonyl (C=O) groups excluding carboxylic acids is 1. The van der Waals surface area contributed by atoms with Crippen LogP contribution in [0.25, 0.3) is 0 Å². The van der Waals surface area contributed by atoms with Crippen molar-refractivity contribution >= 4 is 17.4 Å². The smallest absolute Gasteiger partial charge is 0.319 e. The summed E-state index contributed by atoms with van der Waals surface area (Å²) in [6.07, 6.45) is -0.615. The summed E-state index contributed by atoms with van der Waals surface area (Å²) in [5.41, 5.74) is 2.25. The van der Waals surface area contributed by atoms with E-state index in [1.165, 1.54) is 38.3 Å². The SMILES string of the molecule is CCC(F)(F)C1(OC)CC(c2ccc(CNC(=O)Nc3ccc(F)cc3)cc2)=NO1. The highest BCUT2D eigenvalue weighted by Crippen LogP contribution is 2.42. The average molecular weight is 421 g/mol. The van der Waals surface area contributed by atoms with Gasteiger partial charge in [0.2, 0.25) is 0 Å². The van der Waals surface area contributed by atoms with Crippen LogP contribution in [0.4, 0.5) is 23.7 Å². The van der Waals surface area contributed by atoms with Gasteiger partial charge in [-0.25, -0.2) is 9.18 Å². The molecule has 0 bridgehead atoms. The predicted octanol–water partition coefficient (Wildman–Crippen LogP) is 4.66. The van der Waals surface area contributed by atoms with E-state index in [2.05, 4.69) is 15.8 Å². The van der Waals surface area contributed by atoms with E-state index in [1.807, 2.05) is 0 Å². The summed E-state index contributed by atoms with van der Waals surface area (Å²) in [6, 6.07) is 11.9. The molecule has 0 saturated heterocycles. The number of hydrogen-bond acceptors (Lipinski definition) is 4. The molecule has 30 heavy (non-hydrogen) atoms. The zero-order valence-corrected chi connectivity index (χ0v) is 16.5. The van der Waals surface area contributed by atoms with E-state index < -0.39 is 24.2 Å². The number of halogens is 3. The molecule has 2 aromatic rings. The third-order valence-corrected chi connectivity index (χ3v) is 4.88. The number of rotatable bonds is 7. The zero-order chi connectivity index (χ0) is 21.8. The van der Waals surface area contributed by atoms with Crippen molar-refractivity contribution in [2.45, 2.75) is 38.0 Å². The minimum absolute atomic E-state index is 0.179. The monoisotopic (exact) mass is 421 g/mol. The molecule has 2 N–H and O–H groups in total. The molecular formula is C21H22F3N3O3. The lowest BCUT2D eigenvalue weighted by Crippen LogP contribution is -2.49. The van der Waals surface area contributed by atoms with Gasteiger partial charge in [-0.15, -0.1) is 0 Å². The Labute approximate surface area is 172 Å². The molecule has 1 aliphatic rings. The predicted molar refractivity (Wildman–Crippen MR) is 106 cm³/mol. The molecule has 160 valence electrons. The van der Waals surface area contributed by atoms with Gasteiger partial charge >= 0.3 is 17.7 Å². The Hall–Kier alpha value is -3.07. The number of urea groups is 1. The second kappa shape index (κ2) is 8.74. The van der Waals surface area contributed by atoms with Crippen molar-refractivity contribution in [1.82, 2.24) is 5.32 Å². The van der Waals surface area contributed by atoms with Crippen LogP contribution in [0, 0.1) is 5.82 Å². The second-order valence-corrected chi connectivity index (χ2v) is 6.83. The quantitative estimate of drug-likeness (QED) is 0.683. The number of oxime groups is 1. The summed E-state index contributed by atoms with van der Waals surface area (Å²) in [6.45, 7) is 1.60. The number of hydrogen-bond donors (Lipinski definition) is 2. The van der Waals surface area contributed by atoms with Crippen molar-refractivity contribution in [1.29, 1.82) is 0 Å². The fourth-order valence-electron chi connectivity index (χ4n) is 3.00. The second-order valence-electron chi connectivity index (χ2n) is 6.83. The maximum absolute atomic E-state index is 14.2. The lowest BCUT2D eigenvalue weighted by atomic mass is 9.96. The fourth-order valence-corrected chi connectivity index (χ4v) is 3.00. The summed E-state index contributed by atoms with van der Waals surface area (Å²) in [5, 5.41) is 9.08. The van der Waals surface area contributed by atoms with Crippen molar-refractivity contribution < 1.29 is 27.5 Å². The summed E-state index contributed by atoms with van der Waals surface area (Å²) in [5.74, 6) is -5.68. The molecule has 0 spiro atoms. The number of nitrogens with zero attached hydrogens (tertiary/aromatic N) is 1. The maximum Gasteiger partial charge on any atom is 0.319 e. The largest absolute Gasteiger partial charge is 0.353 e. The molecule has 1 unspecified atom stereocenters. The Bertz CT molecular complexity index is 917. The summed E-state index contributed by atoms with van der Waals surface area (Å²) in [7, 11) is 1.17. The fraction of sp³-hybridized carbons (Fsp3) is 0.333. The Morgan fingerprint density at radius 2 is 1.87 bits per heavy atom. The van der Waals surface area contributed by atoms with Crippen LogP contribution in [0.2, 0.25) is 0 Å². The first-order valence-electron chi connectivity index (χ1n) is 9.36. The number of alkyl halides is 2. The minimum atomic E-state index is -3.19. The number of nitrogens with one attached hydrogen (secondary N) is 2. The summed E-state index contributed by atoms with van der Waals surface area (Å²) >= 11 is 0. The molecule has 6 nitrogen and oxygen atoms in total. The van der Waals surface area contributed by atoms with Gasteiger partial charge in [-0.1, -0.05) is 36.3 Å². The van der Waals surface area contributed by atoms with Crippen molar-refractivity contribution in [3.8, 4) is 0 Å². The Morgan fingerprint density at radius 3 is 2.47 bits per heavy atom. The van der Waals surface area contributed by atoms with Crippen LogP contribution in [0.5, 0.6) is 0 Å². The van der Waals surface area contributed by atoms with Crippen molar-refractivity contribution in [3.63, 3.8) is 0 Å². The summed E-state index contributed by atoms with van der Waals surface area (Å²) < 4.78 is 46.3. The molecular weight excluding hydrogens is 399 g/mol. The standard InChI is InChI=1S/C21H22F3N3O3/c1-3-20(23,24)21(29-2)12-18(27-30-21)15-6-4-14(5-7-15)13-25-19(28)26-17-10-8-16(22)9-11-17/h4-11H,3,12-13H2,1-2H3,(H2,25,26,28). The van der Waals surface area contributed by atoms with Gasteiger partial charge in [-0.05, 0) is 35.4 Å². The van der Waals surface area contributed by atoms with Crippen LogP contribution >= 0.6 is 0 Å². The Kier molecular flexibility index (Phi) is 6.31. The van der Waals surface area contributed by atoms with E-state index >= 15 is 0 Å². The van der Waals surface area contributed by atoms with Gasteiger partial charge in [0.05, 0.1) is 12.1 Å². The highest BCUT2D eigenvalue weighted by Gasteiger charge is 2.59. The number of benzene rings is 2. The van der Waals surface area contributed by atoms with Crippen LogP contribution in [-0.4, -0.2) is 30.6 Å². The maximum atomic E-state index is 14.2. The summed E-state index contributed by atoms with van der Waals surface area (Å²) in [4.78, 5) is 16.9. The van der Waals surface area contributed by atoms with Gasteiger partial charge in [0.25, 0.3) is 0 Å². The highest BCUT2D eigenvalue weighted by molar-refractivity contribution is 6.01. The molecule has 2 amide bonds. The molecule has 9 heteroatoms. The van der Waals surface area contributed by atoms with Gasteiger partial charge in [0.15, 0.2) is 0 Å². The van der Waals surface area contributed by atoms with Crippen molar-refractivity contribution in [2.24, 2.45) is 5.16 Å². The number of amides is 2. The van der Waals surface area contributed by atoms with Crippen LogP contribution in [-0.2, 0) is 16.1 Å². The molecule has 0 saturated carbocycles. The van der Waals surface area contributed by atoms with Crippen LogP contribution in [0.1, 0.15) is 30.9 Å².